The van der Waals surface area contributed by atoms with Crippen molar-refractivity contribution in [3.05, 3.63) is 85.8 Å². The van der Waals surface area contributed by atoms with Gasteiger partial charge in [-0.3, -0.25) is 9.59 Å². The molecule has 0 aliphatic heterocycles. The Bertz CT molecular complexity index is 1180. The third kappa shape index (κ3) is 5.75. The van der Waals surface area contributed by atoms with E-state index in [0.29, 0.717) is 38.3 Å². The molecule has 0 bridgehead atoms. The number of hydrogen-bond donors (Lipinski definition) is 2. The topological polar surface area (TPSA) is 85.8 Å². The third-order valence-electron chi connectivity index (χ3n) is 4.69. The number of anilines is 1. The molecule has 0 aliphatic rings. The van der Waals surface area contributed by atoms with Gasteiger partial charge in [0.15, 0.2) is 0 Å². The lowest BCUT2D eigenvalue weighted by Gasteiger charge is -2.13. The summed E-state index contributed by atoms with van der Waals surface area (Å²) in [6.07, 6.45) is 2.40. The quantitative estimate of drug-likeness (QED) is 0.509. The predicted molar refractivity (Wildman–Crippen MR) is 125 cm³/mol. The lowest BCUT2D eigenvalue weighted by Crippen LogP contribution is -2.15. The molecule has 0 aliphatic carbocycles. The van der Waals surface area contributed by atoms with Gasteiger partial charge in [-0.1, -0.05) is 55.2 Å². The molecule has 2 N–H and O–H groups in total. The van der Waals surface area contributed by atoms with E-state index in [-0.39, 0.29) is 17.9 Å². The Hall–Kier alpha value is -3.07. The summed E-state index contributed by atoms with van der Waals surface area (Å²) in [7, 11) is 0. The van der Waals surface area contributed by atoms with Crippen LogP contribution in [0.2, 0.25) is 10.0 Å². The summed E-state index contributed by atoms with van der Waals surface area (Å²) in [5.41, 5.74) is 3.84. The molecule has 1 heterocycles. The van der Waals surface area contributed by atoms with Gasteiger partial charge in [0, 0.05) is 23.5 Å². The van der Waals surface area contributed by atoms with Crippen LogP contribution in [-0.4, -0.2) is 10.9 Å². The number of nitrogens with one attached hydrogen (secondary N) is 2. The maximum absolute atomic E-state index is 12.3. The molecule has 7 heteroatoms. The van der Waals surface area contributed by atoms with Crippen LogP contribution in [0.4, 0.5) is 5.69 Å². The van der Waals surface area contributed by atoms with E-state index in [2.05, 4.69) is 30.2 Å². The van der Waals surface area contributed by atoms with Gasteiger partial charge in [0.05, 0.1) is 28.1 Å². The highest BCUT2D eigenvalue weighted by Gasteiger charge is 2.15. The summed E-state index contributed by atoms with van der Waals surface area (Å²) in [5.74, 6) is 0.167. The van der Waals surface area contributed by atoms with Crippen LogP contribution >= 0.6 is 23.2 Å². The van der Waals surface area contributed by atoms with Gasteiger partial charge in [0.2, 0.25) is 11.5 Å². The molecule has 5 nitrogen and oxygen atoms in total. The highest BCUT2D eigenvalue weighted by Crippen LogP contribution is 2.38. The number of aromatic amines is 1. The van der Waals surface area contributed by atoms with Gasteiger partial charge in [0.1, 0.15) is 0 Å². The Morgan fingerprint density at radius 3 is 2.42 bits per heavy atom. The summed E-state index contributed by atoms with van der Waals surface area (Å²) in [6, 6.07) is 14.1. The highest BCUT2D eigenvalue weighted by molar-refractivity contribution is 6.39. The van der Waals surface area contributed by atoms with E-state index in [1.165, 1.54) is 12.3 Å². The Labute approximate surface area is 190 Å². The van der Waals surface area contributed by atoms with Crippen molar-refractivity contribution in [2.75, 3.05) is 5.32 Å². The van der Waals surface area contributed by atoms with Crippen molar-refractivity contribution in [3.8, 4) is 17.2 Å². The van der Waals surface area contributed by atoms with Gasteiger partial charge in [0.25, 0.3) is 0 Å². The molecular weight excluding hydrogens is 433 g/mol. The fourth-order valence-electron chi connectivity index (χ4n) is 3.32. The third-order valence-corrected chi connectivity index (χ3v) is 5.28. The molecular formula is C24H21Cl2N3O2. The average Bonchev–Trinajstić information content (AvgIpc) is 2.69. The minimum absolute atomic E-state index is 0.0939. The molecule has 1 amide bonds. The van der Waals surface area contributed by atoms with Gasteiger partial charge >= 0.3 is 0 Å². The van der Waals surface area contributed by atoms with Crippen LogP contribution in [0.3, 0.4) is 0 Å². The highest BCUT2D eigenvalue weighted by atomic mass is 35.5. The summed E-state index contributed by atoms with van der Waals surface area (Å²) < 4.78 is 0. The first kappa shape index (κ1) is 22.6. The van der Waals surface area contributed by atoms with Crippen molar-refractivity contribution >= 4 is 34.8 Å². The monoisotopic (exact) mass is 453 g/mol. The number of rotatable bonds is 6. The molecule has 2 aromatic carbocycles. The van der Waals surface area contributed by atoms with Crippen molar-refractivity contribution in [2.24, 2.45) is 5.92 Å². The molecule has 1 aromatic heterocycles. The molecule has 0 radical (unpaired) electrons. The summed E-state index contributed by atoms with van der Waals surface area (Å²) in [4.78, 5) is 26.0. The van der Waals surface area contributed by atoms with Crippen LogP contribution in [0.1, 0.15) is 30.5 Å². The van der Waals surface area contributed by atoms with Crippen LogP contribution in [-0.2, 0) is 17.6 Å². The number of benzene rings is 2. The van der Waals surface area contributed by atoms with Gasteiger partial charge in [-0.05, 0) is 47.2 Å². The van der Waals surface area contributed by atoms with Crippen molar-refractivity contribution < 1.29 is 4.79 Å². The SMILES string of the molecule is CC(C)Cc1ccc(-c2c(Cl)cc(NC(=O)Cc3ccc(=O)[nH]c3)cc2Cl)cc1C#N. The number of pyridine rings is 1. The van der Waals surface area contributed by atoms with Crippen molar-refractivity contribution in [1.82, 2.24) is 4.98 Å². The maximum Gasteiger partial charge on any atom is 0.247 e. The first-order valence-corrected chi connectivity index (χ1v) is 10.5. The first-order valence-electron chi connectivity index (χ1n) is 9.76. The van der Waals surface area contributed by atoms with E-state index in [1.54, 1.807) is 24.3 Å². The standard InChI is InChI=1S/C24H21Cl2N3O2/c1-14(2)7-16-4-5-17(9-18(16)12-27)24-20(25)10-19(11-21(24)26)29-23(31)8-15-3-6-22(30)28-13-15/h3-6,9-11,13-14H,7-8H2,1-2H3,(H,28,30)(H,29,31). The fourth-order valence-corrected chi connectivity index (χ4v) is 4.02. The minimum Gasteiger partial charge on any atom is -0.329 e. The van der Waals surface area contributed by atoms with Crippen LogP contribution in [0.15, 0.2) is 53.5 Å². The van der Waals surface area contributed by atoms with Crippen LogP contribution in [0.25, 0.3) is 11.1 Å². The molecule has 0 atom stereocenters. The van der Waals surface area contributed by atoms with Crippen LogP contribution < -0.4 is 10.9 Å². The van der Waals surface area contributed by atoms with E-state index in [9.17, 15) is 14.9 Å². The maximum atomic E-state index is 12.3. The fraction of sp³-hybridized carbons (Fsp3) is 0.208. The van der Waals surface area contributed by atoms with E-state index in [4.69, 9.17) is 23.2 Å². The normalized spacial score (nSPS) is 10.7. The van der Waals surface area contributed by atoms with E-state index in [1.807, 2.05) is 12.1 Å². The summed E-state index contributed by atoms with van der Waals surface area (Å²) in [6.45, 7) is 4.21. The Morgan fingerprint density at radius 2 is 1.84 bits per heavy atom. The molecule has 3 rings (SSSR count). The number of amides is 1. The zero-order valence-electron chi connectivity index (χ0n) is 17.1. The second-order valence-corrected chi connectivity index (χ2v) is 8.50. The number of carbonyl (C=O) groups excluding carboxylic acids is 1. The number of halogens is 2. The van der Waals surface area contributed by atoms with E-state index < -0.39 is 0 Å². The summed E-state index contributed by atoms with van der Waals surface area (Å²) in [5, 5.41) is 13.0. The molecule has 158 valence electrons. The smallest absolute Gasteiger partial charge is 0.247 e. The van der Waals surface area contributed by atoms with Gasteiger partial charge in [-0.2, -0.15) is 5.26 Å². The Balaban J connectivity index is 1.83. The average molecular weight is 454 g/mol. The largest absolute Gasteiger partial charge is 0.329 e. The molecule has 0 spiro atoms. The van der Waals surface area contributed by atoms with Crippen molar-refractivity contribution in [1.29, 1.82) is 5.26 Å². The predicted octanol–water partition coefficient (Wildman–Crippen LogP) is 5.60. The number of carbonyl (C=O) groups is 1. The Morgan fingerprint density at radius 1 is 1.13 bits per heavy atom. The summed E-state index contributed by atoms with van der Waals surface area (Å²) >= 11 is 13.0. The Kier molecular flexibility index (Phi) is 7.17. The van der Waals surface area contributed by atoms with E-state index >= 15 is 0 Å². The zero-order valence-corrected chi connectivity index (χ0v) is 18.6. The first-order chi connectivity index (χ1) is 14.8. The van der Waals surface area contributed by atoms with Gasteiger partial charge < -0.3 is 10.3 Å². The molecule has 3 aromatic rings. The number of aromatic nitrogens is 1. The molecule has 0 fully saturated rings. The van der Waals surface area contributed by atoms with Crippen molar-refractivity contribution in [2.45, 2.75) is 26.7 Å². The second kappa shape index (κ2) is 9.82. The number of H-pyrrole nitrogens is 1. The zero-order chi connectivity index (χ0) is 22.5. The molecule has 0 saturated carbocycles. The molecule has 0 unspecified atom stereocenters. The van der Waals surface area contributed by atoms with Gasteiger partial charge in [-0.25, -0.2) is 0 Å². The lowest BCUT2D eigenvalue weighted by atomic mass is 9.94. The van der Waals surface area contributed by atoms with Gasteiger partial charge in [-0.15, -0.1) is 0 Å². The minimum atomic E-state index is -0.267. The molecule has 0 saturated heterocycles. The second-order valence-electron chi connectivity index (χ2n) is 7.68. The van der Waals surface area contributed by atoms with E-state index in [0.717, 1.165) is 17.5 Å². The van der Waals surface area contributed by atoms with Crippen LogP contribution in [0, 0.1) is 17.2 Å². The molecule has 31 heavy (non-hydrogen) atoms. The lowest BCUT2D eigenvalue weighted by molar-refractivity contribution is -0.115. The number of nitrogens with zero attached hydrogens (tertiary/aromatic N) is 1. The number of hydrogen-bond acceptors (Lipinski definition) is 3. The number of nitriles is 1. The van der Waals surface area contributed by atoms with Crippen molar-refractivity contribution in [3.63, 3.8) is 0 Å². The van der Waals surface area contributed by atoms with Crippen LogP contribution in [0.5, 0.6) is 0 Å².